The van der Waals surface area contributed by atoms with Gasteiger partial charge in [-0.1, -0.05) is 108 Å². The molecule has 4 heteroatoms. The first-order chi connectivity index (χ1) is 33.6. The van der Waals surface area contributed by atoms with Crippen molar-refractivity contribution < 1.29 is 73.3 Å². The Labute approximate surface area is 457 Å². The van der Waals surface area contributed by atoms with E-state index in [-0.39, 0.29) is 24.8 Å². The molecule has 70 heavy (non-hydrogen) atoms. The molecule has 10 aromatic carbocycles. The summed E-state index contributed by atoms with van der Waals surface area (Å²) in [6.07, 6.45) is 20.0. The third-order valence-electron chi connectivity index (χ3n) is 10.9. The molecule has 0 saturated carbocycles. The molecule has 0 unspecified atom stereocenters. The Hall–Kier alpha value is -5.97. The molecule has 0 N–H and O–H groups in total. The van der Waals surface area contributed by atoms with Crippen molar-refractivity contribution in [1.29, 1.82) is 0 Å². The Morgan fingerprint density at radius 1 is 0.343 bits per heavy atom. The summed E-state index contributed by atoms with van der Waals surface area (Å²) in [4.78, 5) is 0. The van der Waals surface area contributed by atoms with Crippen molar-refractivity contribution >= 4 is 28.0 Å². The van der Waals surface area contributed by atoms with E-state index in [0.29, 0.717) is 0 Å². The molecular weight excluding hydrogens is 1050 g/mol. The van der Waals surface area contributed by atoms with E-state index in [4.69, 9.17) is 0 Å². The normalized spacial score (nSPS) is 11.0. The Bertz CT molecular complexity index is 2780. The average Bonchev–Trinajstić information content (AvgIpc) is 4.30. The van der Waals surface area contributed by atoms with Crippen LogP contribution in [-0.4, -0.2) is 6.41 Å². The van der Waals surface area contributed by atoms with Crippen LogP contribution in [0.3, 0.4) is 0 Å². The maximum atomic E-state index is 2.99. The maximum absolute atomic E-state index is 2.99. The van der Waals surface area contributed by atoms with Crippen LogP contribution in [0, 0.1) is 12.2 Å². The summed E-state index contributed by atoms with van der Waals surface area (Å²) >= 11 is 2.92. The molecule has 12 rings (SSSR count). The molecule has 0 heterocycles. The predicted molar refractivity (Wildman–Crippen MR) is 285 cm³/mol. The zero-order valence-corrected chi connectivity index (χ0v) is 45.3. The van der Waals surface area contributed by atoms with Crippen LogP contribution >= 0.6 is 0 Å². The van der Waals surface area contributed by atoms with Crippen LogP contribution in [0.25, 0.3) is 43.8 Å². The zero-order valence-electron chi connectivity index (χ0n) is 38.9. The second kappa shape index (κ2) is 31.3. The van der Waals surface area contributed by atoms with Crippen LogP contribution in [0.1, 0.15) is 35.1 Å². The van der Waals surface area contributed by atoms with E-state index in [1.165, 1.54) is 121 Å². The van der Waals surface area contributed by atoms with Gasteiger partial charge in [0.2, 0.25) is 0 Å². The van der Waals surface area contributed by atoms with Gasteiger partial charge in [0.1, 0.15) is 0 Å². The zero-order chi connectivity index (χ0) is 46.9. The van der Waals surface area contributed by atoms with Gasteiger partial charge in [-0.05, 0) is 0 Å². The van der Waals surface area contributed by atoms with Crippen molar-refractivity contribution in [2.24, 2.45) is 0 Å². The van der Waals surface area contributed by atoms with Gasteiger partial charge in [0, 0.05) is 0 Å². The minimum atomic E-state index is 0. The summed E-state index contributed by atoms with van der Waals surface area (Å²) < 4.78 is 2.83. The van der Waals surface area contributed by atoms with Crippen molar-refractivity contribution in [2.75, 3.05) is 0 Å². The molecule has 0 fully saturated rings. The maximum Gasteiger partial charge on any atom is -0.0635 e. The Morgan fingerprint density at radius 2 is 0.614 bits per heavy atom. The van der Waals surface area contributed by atoms with E-state index in [1.54, 1.807) is 0 Å². The quantitative estimate of drug-likeness (QED) is 0.146. The molecule has 0 atom stereocenters. The van der Waals surface area contributed by atoms with E-state index >= 15 is 0 Å². The molecule has 0 aliphatic heterocycles. The van der Waals surface area contributed by atoms with Crippen LogP contribution in [0.4, 0.5) is 0 Å². The summed E-state index contributed by atoms with van der Waals surface area (Å²) in [5.74, 6) is 0. The third kappa shape index (κ3) is 17.8. The third-order valence-corrected chi connectivity index (χ3v) is 13.7. The Balaban J connectivity index is 0.000000161. The summed E-state index contributed by atoms with van der Waals surface area (Å²) in [5, 5.41) is 5.26. The Kier molecular flexibility index (Phi) is 24.6. The van der Waals surface area contributed by atoms with Gasteiger partial charge >= 0.3 is 198 Å². The van der Waals surface area contributed by atoms with Gasteiger partial charge in [0.15, 0.2) is 0 Å². The van der Waals surface area contributed by atoms with Gasteiger partial charge in [-0.2, -0.15) is 12.2 Å². The minimum absolute atomic E-state index is 0. The first kappa shape index (κ1) is 55.0. The fourth-order valence-corrected chi connectivity index (χ4v) is 8.97. The Morgan fingerprint density at radius 3 is 0.857 bits per heavy atom. The monoisotopic (exact) mass is 1090 g/mol. The predicted octanol–water partition coefficient (Wildman–Crippen LogP) is 10.7. The van der Waals surface area contributed by atoms with Crippen molar-refractivity contribution in [2.45, 2.75) is 12.8 Å². The molecular formula is C66H52Cl2Zr2-2. The smallest absolute Gasteiger partial charge is 0.0635 e. The van der Waals surface area contributed by atoms with E-state index in [2.05, 4.69) is 267 Å². The largest absolute Gasteiger partial charge is 0.145 e. The number of allylic oxidation sites excluding steroid dienone is 8. The molecule has 0 radical (unpaired) electrons. The van der Waals surface area contributed by atoms with Crippen LogP contribution in [0.15, 0.2) is 291 Å². The van der Waals surface area contributed by atoms with Gasteiger partial charge in [0.05, 0.1) is 0 Å². The molecule has 2 aliphatic rings. The van der Waals surface area contributed by atoms with Crippen molar-refractivity contribution in [3.63, 3.8) is 0 Å². The van der Waals surface area contributed by atoms with E-state index in [1.807, 2.05) is 36.4 Å². The van der Waals surface area contributed by atoms with Gasteiger partial charge < -0.3 is 24.8 Å². The molecule has 0 aromatic heterocycles. The van der Waals surface area contributed by atoms with E-state index in [0.717, 1.165) is 12.8 Å². The van der Waals surface area contributed by atoms with E-state index in [9.17, 15) is 0 Å². The first-order valence-corrected chi connectivity index (χ1v) is 25.3. The minimum Gasteiger partial charge on any atom is -0.145 e. The van der Waals surface area contributed by atoms with E-state index < -0.39 is 0 Å². The summed E-state index contributed by atoms with van der Waals surface area (Å²) in [6.45, 7) is 0. The second-order valence-corrected chi connectivity index (χ2v) is 18.2. The number of fused-ring (bicyclic) bond motifs is 2. The molecule has 340 valence electrons. The van der Waals surface area contributed by atoms with Gasteiger partial charge in [-0.15, -0.1) is 81.9 Å². The van der Waals surface area contributed by atoms with Crippen LogP contribution < -0.4 is 24.8 Å². The SMILES string of the molecule is [C-]1=CC=CC1.[C-]1=CC=CC1.[Cl-].[Cl-].[Zr+2]=[C](c1ccccc1)c1ccccc1.[Zr+2]=[C](c1ccccc1)c1ccccc1.c1ccc(-c2cc3ccccc3[cH-]2)cc1.c1ccc(-c2cc3ccccc3[cH-]2)cc1. The fraction of sp³-hybridized carbons (Fsp3) is 0.0303. The standard InChI is InChI=1S/2C15H11.2C13H10.2C5H5.2ClH.2Zr/c2*1-2-6-12(7-3-1)15-10-13-8-4-5-9-14(13)11-15;2*1-3-7-12(8-4-1)11-13-9-5-2-6-10-13;2*1-2-4-5-3-1;;;;/h2*1-11H;2*1-10H;2*1-3H,4H2;2*1H;;/q2*-1;;;2*-1;;;2*+2/p-2. The molecule has 0 bridgehead atoms. The molecule has 2 aliphatic carbocycles. The van der Waals surface area contributed by atoms with Crippen LogP contribution in [0.2, 0.25) is 0 Å². The average molecular weight is 1100 g/mol. The van der Waals surface area contributed by atoms with Gasteiger partial charge in [0.25, 0.3) is 0 Å². The summed E-state index contributed by atoms with van der Waals surface area (Å²) in [5.41, 5.74) is 10.5. The van der Waals surface area contributed by atoms with Crippen molar-refractivity contribution in [3.05, 3.63) is 326 Å². The van der Waals surface area contributed by atoms with Gasteiger partial charge in [-0.25, -0.2) is 24.3 Å². The van der Waals surface area contributed by atoms with Gasteiger partial charge in [-0.3, -0.25) is 12.2 Å². The number of hydrogen-bond donors (Lipinski definition) is 0. The first-order valence-electron chi connectivity index (χ1n) is 22.9. The molecule has 0 amide bonds. The summed E-state index contributed by atoms with van der Waals surface area (Å²) in [7, 11) is 0. The number of benzene rings is 8. The van der Waals surface area contributed by atoms with Crippen molar-refractivity contribution in [3.8, 4) is 22.3 Å². The number of rotatable bonds is 6. The number of hydrogen-bond acceptors (Lipinski definition) is 0. The topological polar surface area (TPSA) is 0 Å². The van der Waals surface area contributed by atoms with Crippen molar-refractivity contribution in [1.82, 2.24) is 0 Å². The molecule has 10 aromatic rings. The second-order valence-electron chi connectivity index (χ2n) is 15.7. The molecule has 0 nitrogen and oxygen atoms in total. The van der Waals surface area contributed by atoms with Crippen LogP contribution in [0.5, 0.6) is 0 Å². The molecule has 0 saturated heterocycles. The summed E-state index contributed by atoms with van der Waals surface area (Å²) in [6, 6.07) is 89.1. The molecule has 0 spiro atoms. The fourth-order valence-electron chi connectivity index (χ4n) is 7.33. The number of halogens is 2. The van der Waals surface area contributed by atoms with Crippen LogP contribution in [-0.2, 0) is 48.5 Å².